The van der Waals surface area contributed by atoms with Gasteiger partial charge in [0.25, 0.3) is 0 Å². The minimum atomic E-state index is 0. The summed E-state index contributed by atoms with van der Waals surface area (Å²) in [5, 5.41) is 10.6. The standard InChI is InChI=1S/C19H27N5O.2ClH/c1-23(17-8-10-20-11-9-17)14-18(25)24(2)13-16-12-21-22-19(16)15-6-4-3-5-7-15;;/h3-7,12,17,20H,8-11,13-14H2,1-2H3,(H,21,22);2*1H. The molecule has 1 saturated heterocycles. The maximum atomic E-state index is 12.6. The van der Waals surface area contributed by atoms with Crippen molar-refractivity contribution in [3.8, 4) is 11.3 Å². The SMILES string of the molecule is CN(Cc1cn[nH]c1-c1ccccc1)C(=O)CN(C)C1CCNCC1.Cl.Cl. The number of carbonyl (C=O) groups excluding carboxylic acids is 1. The molecule has 0 spiro atoms. The third kappa shape index (κ3) is 6.21. The van der Waals surface area contributed by atoms with Gasteiger partial charge in [0, 0.05) is 25.2 Å². The van der Waals surface area contributed by atoms with Crippen LogP contribution in [0.5, 0.6) is 0 Å². The largest absolute Gasteiger partial charge is 0.340 e. The molecule has 0 unspecified atom stereocenters. The van der Waals surface area contributed by atoms with E-state index >= 15 is 0 Å². The lowest BCUT2D eigenvalue weighted by molar-refractivity contribution is -0.132. The van der Waals surface area contributed by atoms with Crippen LogP contribution in [0.1, 0.15) is 18.4 Å². The lowest BCUT2D eigenvalue weighted by Gasteiger charge is -2.32. The average molecular weight is 414 g/mol. The first kappa shape index (κ1) is 23.4. The zero-order valence-corrected chi connectivity index (χ0v) is 17.5. The summed E-state index contributed by atoms with van der Waals surface area (Å²) in [5.74, 6) is 0.140. The van der Waals surface area contributed by atoms with Crippen molar-refractivity contribution in [1.29, 1.82) is 0 Å². The van der Waals surface area contributed by atoms with E-state index in [0.29, 0.717) is 19.1 Å². The van der Waals surface area contributed by atoms with Gasteiger partial charge in [-0.2, -0.15) is 5.10 Å². The van der Waals surface area contributed by atoms with Crippen LogP contribution in [0.2, 0.25) is 0 Å². The molecule has 0 atom stereocenters. The minimum Gasteiger partial charge on any atom is -0.340 e. The van der Waals surface area contributed by atoms with E-state index in [9.17, 15) is 4.79 Å². The number of nitrogens with zero attached hydrogens (tertiary/aromatic N) is 3. The first-order valence-electron chi connectivity index (χ1n) is 8.87. The second-order valence-corrected chi connectivity index (χ2v) is 6.78. The molecule has 8 heteroatoms. The van der Waals surface area contributed by atoms with Crippen molar-refractivity contribution in [2.24, 2.45) is 0 Å². The number of rotatable bonds is 6. The summed E-state index contributed by atoms with van der Waals surface area (Å²) in [6.45, 7) is 3.09. The zero-order chi connectivity index (χ0) is 17.6. The fraction of sp³-hybridized carbons (Fsp3) is 0.474. The Morgan fingerprint density at radius 3 is 2.48 bits per heavy atom. The molecule has 1 amide bonds. The Bertz CT molecular complexity index is 688. The van der Waals surface area contributed by atoms with Gasteiger partial charge >= 0.3 is 0 Å². The number of likely N-dealkylation sites (N-methyl/N-ethyl adjacent to an activating group) is 2. The smallest absolute Gasteiger partial charge is 0.236 e. The van der Waals surface area contributed by atoms with E-state index in [4.69, 9.17) is 0 Å². The fourth-order valence-corrected chi connectivity index (χ4v) is 3.34. The van der Waals surface area contributed by atoms with Crippen molar-refractivity contribution in [2.75, 3.05) is 33.7 Å². The second-order valence-electron chi connectivity index (χ2n) is 6.78. The van der Waals surface area contributed by atoms with Crippen LogP contribution < -0.4 is 5.32 Å². The number of aromatic amines is 1. The Morgan fingerprint density at radius 2 is 1.81 bits per heavy atom. The van der Waals surface area contributed by atoms with Gasteiger partial charge in [-0.25, -0.2) is 0 Å². The quantitative estimate of drug-likeness (QED) is 0.763. The summed E-state index contributed by atoms with van der Waals surface area (Å²) in [5.41, 5.74) is 3.10. The van der Waals surface area contributed by atoms with Crippen LogP contribution in [0.4, 0.5) is 0 Å². The Kier molecular flexibility index (Phi) is 9.80. The number of amides is 1. The normalized spacial score (nSPS) is 14.3. The molecule has 1 aromatic carbocycles. The molecule has 2 heterocycles. The van der Waals surface area contributed by atoms with E-state index in [1.165, 1.54) is 0 Å². The molecule has 1 aliphatic rings. The molecule has 0 bridgehead atoms. The van der Waals surface area contributed by atoms with Crippen LogP contribution in [0, 0.1) is 0 Å². The molecule has 27 heavy (non-hydrogen) atoms. The van der Waals surface area contributed by atoms with Crippen molar-refractivity contribution in [1.82, 2.24) is 25.3 Å². The molecule has 6 nitrogen and oxygen atoms in total. The molecule has 1 fully saturated rings. The minimum absolute atomic E-state index is 0. The number of benzene rings is 1. The highest BCUT2D eigenvalue weighted by Crippen LogP contribution is 2.21. The van der Waals surface area contributed by atoms with Crippen LogP contribution in [0.3, 0.4) is 0 Å². The predicted octanol–water partition coefficient (Wildman–Crippen LogP) is 2.56. The molecule has 2 aromatic rings. The highest BCUT2D eigenvalue weighted by molar-refractivity contribution is 5.85. The molecular weight excluding hydrogens is 385 g/mol. The first-order valence-corrected chi connectivity index (χ1v) is 8.87. The maximum absolute atomic E-state index is 12.6. The monoisotopic (exact) mass is 413 g/mol. The van der Waals surface area contributed by atoms with Crippen molar-refractivity contribution in [2.45, 2.75) is 25.4 Å². The summed E-state index contributed by atoms with van der Waals surface area (Å²) in [4.78, 5) is 16.6. The lowest BCUT2D eigenvalue weighted by Crippen LogP contribution is -2.45. The van der Waals surface area contributed by atoms with Gasteiger partial charge in [-0.1, -0.05) is 30.3 Å². The Morgan fingerprint density at radius 1 is 1.15 bits per heavy atom. The van der Waals surface area contributed by atoms with Crippen molar-refractivity contribution in [3.63, 3.8) is 0 Å². The molecule has 0 radical (unpaired) electrons. The number of hydrogen-bond acceptors (Lipinski definition) is 4. The summed E-state index contributed by atoms with van der Waals surface area (Å²) in [6.07, 6.45) is 4.02. The van der Waals surface area contributed by atoms with Crippen LogP contribution in [0.25, 0.3) is 11.3 Å². The van der Waals surface area contributed by atoms with Gasteiger partial charge in [0.1, 0.15) is 0 Å². The number of piperidine rings is 1. The number of hydrogen-bond donors (Lipinski definition) is 2. The number of carbonyl (C=O) groups is 1. The number of H-pyrrole nitrogens is 1. The van der Waals surface area contributed by atoms with Crippen LogP contribution in [-0.2, 0) is 11.3 Å². The van der Waals surface area contributed by atoms with E-state index in [0.717, 1.165) is 42.8 Å². The van der Waals surface area contributed by atoms with Gasteiger partial charge < -0.3 is 10.2 Å². The molecule has 150 valence electrons. The van der Waals surface area contributed by atoms with Crippen molar-refractivity contribution < 1.29 is 4.79 Å². The summed E-state index contributed by atoms with van der Waals surface area (Å²) in [7, 11) is 3.91. The van der Waals surface area contributed by atoms with E-state index in [1.807, 2.05) is 43.6 Å². The maximum Gasteiger partial charge on any atom is 0.236 e. The Labute approximate surface area is 173 Å². The molecule has 2 N–H and O–H groups in total. The molecule has 1 aromatic heterocycles. The third-order valence-electron chi connectivity index (χ3n) is 4.93. The van der Waals surface area contributed by atoms with Crippen LogP contribution in [0.15, 0.2) is 36.5 Å². The molecule has 1 aliphatic heterocycles. The number of nitrogens with one attached hydrogen (secondary N) is 2. The van der Waals surface area contributed by atoms with Crippen molar-refractivity contribution in [3.05, 3.63) is 42.1 Å². The molecule has 0 saturated carbocycles. The molecule has 3 rings (SSSR count). The molecule has 0 aliphatic carbocycles. The predicted molar refractivity (Wildman–Crippen MR) is 114 cm³/mol. The number of halogens is 2. The second kappa shape index (κ2) is 11.3. The van der Waals surface area contributed by atoms with Gasteiger partial charge in [-0.3, -0.25) is 14.8 Å². The van der Waals surface area contributed by atoms with Crippen molar-refractivity contribution >= 4 is 30.7 Å². The number of aromatic nitrogens is 2. The van der Waals surface area contributed by atoms with Gasteiger partial charge in [-0.15, -0.1) is 24.8 Å². The summed E-state index contributed by atoms with van der Waals surface area (Å²) in [6, 6.07) is 10.6. The molecular formula is C19H29Cl2N5O. The van der Waals surface area contributed by atoms with Gasteiger partial charge in [0.2, 0.25) is 5.91 Å². The van der Waals surface area contributed by atoms with E-state index in [2.05, 4.69) is 27.5 Å². The Balaban J connectivity index is 0.00000182. The van der Waals surface area contributed by atoms with E-state index < -0.39 is 0 Å². The summed E-state index contributed by atoms with van der Waals surface area (Å²) >= 11 is 0. The van der Waals surface area contributed by atoms with E-state index in [-0.39, 0.29) is 30.7 Å². The average Bonchev–Trinajstić information content (AvgIpc) is 3.11. The van der Waals surface area contributed by atoms with Gasteiger partial charge in [0.15, 0.2) is 0 Å². The Hall–Kier alpha value is -1.60. The van der Waals surface area contributed by atoms with Crippen LogP contribution >= 0.6 is 24.8 Å². The van der Waals surface area contributed by atoms with E-state index in [1.54, 1.807) is 4.90 Å². The highest BCUT2D eigenvalue weighted by Gasteiger charge is 2.21. The van der Waals surface area contributed by atoms with Gasteiger partial charge in [0.05, 0.1) is 18.4 Å². The fourth-order valence-electron chi connectivity index (χ4n) is 3.34. The topological polar surface area (TPSA) is 64.3 Å². The van der Waals surface area contributed by atoms with Gasteiger partial charge in [-0.05, 0) is 38.5 Å². The van der Waals surface area contributed by atoms with Crippen LogP contribution in [-0.4, -0.2) is 65.7 Å². The third-order valence-corrected chi connectivity index (χ3v) is 4.93. The zero-order valence-electron chi connectivity index (χ0n) is 15.9. The highest BCUT2D eigenvalue weighted by atomic mass is 35.5. The lowest BCUT2D eigenvalue weighted by atomic mass is 10.1. The summed E-state index contributed by atoms with van der Waals surface area (Å²) < 4.78 is 0. The first-order chi connectivity index (χ1) is 12.1.